The molecule has 2 aromatic carbocycles. The van der Waals surface area contributed by atoms with E-state index < -0.39 is 0 Å². The van der Waals surface area contributed by atoms with Gasteiger partial charge in [-0.2, -0.15) is 0 Å². The molecule has 1 N–H and O–H groups in total. The quantitative estimate of drug-likeness (QED) is 0.841. The highest BCUT2D eigenvalue weighted by Gasteiger charge is 2.32. The summed E-state index contributed by atoms with van der Waals surface area (Å²) < 4.78 is 18.3. The van der Waals surface area contributed by atoms with Crippen LogP contribution in [-0.4, -0.2) is 7.11 Å². The molecule has 2 nitrogen and oxygen atoms in total. The van der Waals surface area contributed by atoms with Gasteiger partial charge in [0.25, 0.3) is 0 Å². The Hall–Kier alpha value is -1.87. The van der Waals surface area contributed by atoms with Crippen LogP contribution in [0.15, 0.2) is 48.5 Å². The lowest BCUT2D eigenvalue weighted by Gasteiger charge is -2.20. The molecule has 0 amide bonds. The summed E-state index contributed by atoms with van der Waals surface area (Å²) in [6.07, 6.45) is 2.46. The minimum Gasteiger partial charge on any atom is -0.380 e. The Morgan fingerprint density at radius 3 is 2.62 bits per heavy atom. The van der Waals surface area contributed by atoms with Crippen molar-refractivity contribution in [2.45, 2.75) is 25.5 Å². The van der Waals surface area contributed by atoms with Crippen LogP contribution in [0.5, 0.6) is 0 Å². The van der Waals surface area contributed by atoms with Gasteiger partial charge >= 0.3 is 0 Å². The first-order chi connectivity index (χ1) is 10.3. The van der Waals surface area contributed by atoms with Gasteiger partial charge in [-0.05, 0) is 54.2 Å². The molecule has 0 spiro atoms. The summed E-state index contributed by atoms with van der Waals surface area (Å²) in [6.45, 7) is 0.611. The molecule has 1 saturated carbocycles. The maximum atomic E-state index is 13.1. The van der Waals surface area contributed by atoms with Crippen molar-refractivity contribution in [3.63, 3.8) is 0 Å². The summed E-state index contributed by atoms with van der Waals surface area (Å²) >= 11 is 0. The molecule has 0 radical (unpaired) electrons. The van der Waals surface area contributed by atoms with Crippen molar-refractivity contribution in [2.75, 3.05) is 12.4 Å². The van der Waals surface area contributed by atoms with Gasteiger partial charge in [-0.3, -0.25) is 0 Å². The number of hydrogen-bond acceptors (Lipinski definition) is 2. The average Bonchev–Trinajstić information content (AvgIpc) is 3.31. The van der Waals surface area contributed by atoms with E-state index in [0.29, 0.717) is 12.5 Å². The van der Waals surface area contributed by atoms with Crippen molar-refractivity contribution in [1.29, 1.82) is 0 Å². The molecule has 1 fully saturated rings. The second-order valence-electron chi connectivity index (χ2n) is 5.64. The van der Waals surface area contributed by atoms with Crippen LogP contribution >= 0.6 is 0 Å². The van der Waals surface area contributed by atoms with E-state index in [-0.39, 0.29) is 11.9 Å². The van der Waals surface area contributed by atoms with Crippen LogP contribution in [0.1, 0.15) is 30.0 Å². The lowest BCUT2D eigenvalue weighted by molar-refractivity contribution is 0.185. The molecule has 3 heteroatoms. The van der Waals surface area contributed by atoms with Gasteiger partial charge in [0.15, 0.2) is 0 Å². The van der Waals surface area contributed by atoms with Gasteiger partial charge in [-0.15, -0.1) is 0 Å². The SMILES string of the molecule is COCc1cccc(NC(c2ccc(F)cc2)C2CC2)c1. The molecule has 3 rings (SSSR count). The topological polar surface area (TPSA) is 21.3 Å². The minimum atomic E-state index is -0.185. The van der Waals surface area contributed by atoms with E-state index in [4.69, 9.17) is 4.74 Å². The van der Waals surface area contributed by atoms with E-state index in [2.05, 4.69) is 23.5 Å². The molecule has 110 valence electrons. The smallest absolute Gasteiger partial charge is 0.123 e. The monoisotopic (exact) mass is 285 g/mol. The third-order valence-electron chi connectivity index (χ3n) is 3.88. The second kappa shape index (κ2) is 6.27. The molecule has 0 aromatic heterocycles. The first-order valence-electron chi connectivity index (χ1n) is 7.36. The predicted octanol–water partition coefficient (Wildman–Crippen LogP) is 4.54. The maximum absolute atomic E-state index is 13.1. The number of rotatable bonds is 6. The normalized spacial score (nSPS) is 15.7. The Balaban J connectivity index is 1.79. The molecule has 0 bridgehead atoms. The minimum absolute atomic E-state index is 0.185. The standard InChI is InChI=1S/C18H20FNO/c1-21-12-13-3-2-4-17(11-13)20-18(14-5-6-14)15-7-9-16(19)10-8-15/h2-4,7-11,14,18,20H,5-6,12H2,1H3. The van der Waals surface area contributed by atoms with Gasteiger partial charge in [-0.1, -0.05) is 24.3 Å². The number of nitrogens with one attached hydrogen (secondary N) is 1. The van der Waals surface area contributed by atoms with Crippen LogP contribution in [0.3, 0.4) is 0 Å². The number of ether oxygens (including phenoxy) is 1. The fourth-order valence-electron chi connectivity index (χ4n) is 2.67. The van der Waals surface area contributed by atoms with Gasteiger partial charge in [0.2, 0.25) is 0 Å². The molecule has 21 heavy (non-hydrogen) atoms. The molecule has 1 unspecified atom stereocenters. The fourth-order valence-corrected chi connectivity index (χ4v) is 2.67. The summed E-state index contributed by atoms with van der Waals surface area (Å²) in [4.78, 5) is 0. The van der Waals surface area contributed by atoms with Crippen LogP contribution in [0.4, 0.5) is 10.1 Å². The second-order valence-corrected chi connectivity index (χ2v) is 5.64. The predicted molar refractivity (Wildman–Crippen MR) is 82.6 cm³/mol. The zero-order chi connectivity index (χ0) is 14.7. The third-order valence-corrected chi connectivity index (χ3v) is 3.88. The lowest BCUT2D eigenvalue weighted by atomic mass is 10.0. The maximum Gasteiger partial charge on any atom is 0.123 e. The van der Waals surface area contributed by atoms with Crippen LogP contribution in [0, 0.1) is 11.7 Å². The fraction of sp³-hybridized carbons (Fsp3) is 0.333. The van der Waals surface area contributed by atoms with Crippen LogP contribution in [-0.2, 0) is 11.3 Å². The number of benzene rings is 2. The summed E-state index contributed by atoms with van der Waals surface area (Å²) in [5, 5.41) is 3.60. The van der Waals surface area contributed by atoms with E-state index in [1.54, 1.807) is 7.11 Å². The third kappa shape index (κ3) is 3.61. The van der Waals surface area contributed by atoms with E-state index in [0.717, 1.165) is 16.8 Å². The van der Waals surface area contributed by atoms with Crippen molar-refractivity contribution < 1.29 is 9.13 Å². The Morgan fingerprint density at radius 1 is 1.19 bits per heavy atom. The Bertz CT molecular complexity index is 592. The molecule has 1 aliphatic carbocycles. The van der Waals surface area contributed by atoms with Crippen LogP contribution < -0.4 is 5.32 Å². The molecule has 0 aliphatic heterocycles. The molecule has 1 aliphatic rings. The van der Waals surface area contributed by atoms with Gasteiger partial charge in [0.05, 0.1) is 12.6 Å². The molecular weight excluding hydrogens is 265 g/mol. The average molecular weight is 285 g/mol. The first kappa shape index (κ1) is 14.1. The molecule has 2 aromatic rings. The van der Waals surface area contributed by atoms with Crippen molar-refractivity contribution in [2.24, 2.45) is 5.92 Å². The van der Waals surface area contributed by atoms with E-state index in [1.165, 1.54) is 25.0 Å². The number of methoxy groups -OCH3 is 1. The van der Waals surface area contributed by atoms with Gasteiger partial charge < -0.3 is 10.1 Å². The first-order valence-corrected chi connectivity index (χ1v) is 7.36. The highest BCUT2D eigenvalue weighted by Crippen LogP contribution is 2.42. The summed E-state index contributed by atoms with van der Waals surface area (Å²) in [7, 11) is 1.70. The zero-order valence-corrected chi connectivity index (χ0v) is 12.2. The lowest BCUT2D eigenvalue weighted by Crippen LogP contribution is -2.13. The summed E-state index contributed by atoms with van der Waals surface area (Å²) in [5.74, 6) is 0.455. The van der Waals surface area contributed by atoms with Gasteiger partial charge in [0, 0.05) is 12.8 Å². The zero-order valence-electron chi connectivity index (χ0n) is 12.2. The Kier molecular flexibility index (Phi) is 4.20. The molecule has 1 atom stereocenters. The number of anilines is 1. The summed E-state index contributed by atoms with van der Waals surface area (Å²) in [6, 6.07) is 15.4. The van der Waals surface area contributed by atoms with Crippen LogP contribution in [0.25, 0.3) is 0 Å². The van der Waals surface area contributed by atoms with Crippen molar-refractivity contribution in [1.82, 2.24) is 0 Å². The molecular formula is C18H20FNO. The van der Waals surface area contributed by atoms with Crippen molar-refractivity contribution in [3.8, 4) is 0 Å². The van der Waals surface area contributed by atoms with Crippen molar-refractivity contribution >= 4 is 5.69 Å². The Morgan fingerprint density at radius 2 is 1.95 bits per heavy atom. The van der Waals surface area contributed by atoms with Gasteiger partial charge in [-0.25, -0.2) is 4.39 Å². The molecule has 0 saturated heterocycles. The highest BCUT2D eigenvalue weighted by molar-refractivity contribution is 5.48. The summed E-state index contributed by atoms with van der Waals surface area (Å²) in [5.41, 5.74) is 3.39. The highest BCUT2D eigenvalue weighted by atomic mass is 19.1. The van der Waals surface area contributed by atoms with E-state index in [1.807, 2.05) is 18.2 Å². The van der Waals surface area contributed by atoms with Gasteiger partial charge in [0.1, 0.15) is 5.82 Å². The van der Waals surface area contributed by atoms with E-state index in [9.17, 15) is 4.39 Å². The number of hydrogen-bond donors (Lipinski definition) is 1. The Labute approximate surface area is 125 Å². The van der Waals surface area contributed by atoms with Crippen molar-refractivity contribution in [3.05, 3.63) is 65.5 Å². The largest absolute Gasteiger partial charge is 0.380 e. The number of halogens is 1. The van der Waals surface area contributed by atoms with Crippen LogP contribution in [0.2, 0.25) is 0 Å². The van der Waals surface area contributed by atoms with E-state index >= 15 is 0 Å². The molecule has 0 heterocycles.